The smallest absolute Gasteiger partial charge is 0.282 e. The Kier molecular flexibility index (Phi) is 7.18. The maximum atomic E-state index is 13.4. The molecule has 37 heavy (non-hydrogen) atoms. The molecule has 0 amide bonds. The third-order valence-corrected chi connectivity index (χ3v) is 6.01. The van der Waals surface area contributed by atoms with Gasteiger partial charge in [0.05, 0.1) is 33.7 Å². The van der Waals surface area contributed by atoms with Crippen LogP contribution in [0.5, 0.6) is 5.75 Å². The molecule has 0 aliphatic rings. The number of hydrogen-bond acceptors (Lipinski definition) is 7. The zero-order valence-corrected chi connectivity index (χ0v) is 21.9. The zero-order chi connectivity index (χ0) is 26.7. The minimum Gasteiger partial charge on any atom is -0.488 e. The van der Waals surface area contributed by atoms with Gasteiger partial charge in [-0.3, -0.25) is 14.9 Å². The summed E-state index contributed by atoms with van der Waals surface area (Å²) in [5.41, 5.74) is 0.917. The summed E-state index contributed by atoms with van der Waals surface area (Å²) in [6.07, 6.45) is 1.35. The number of non-ortho nitro benzene ring substituents is 1. The van der Waals surface area contributed by atoms with E-state index in [0.717, 1.165) is 4.47 Å². The van der Waals surface area contributed by atoms with Gasteiger partial charge >= 0.3 is 0 Å². The fraction of sp³-hybridized carbons (Fsp3) is 0.185. The molecule has 0 saturated carbocycles. The predicted molar refractivity (Wildman–Crippen MR) is 144 cm³/mol. The Labute approximate surface area is 220 Å². The average Bonchev–Trinajstić information content (AvgIpc) is 2.86. The molecule has 4 aromatic rings. The molecule has 1 aromatic heterocycles. The van der Waals surface area contributed by atoms with Gasteiger partial charge in [-0.2, -0.15) is 15.0 Å². The van der Waals surface area contributed by atoms with Crippen LogP contribution in [-0.2, 0) is 12.0 Å². The van der Waals surface area contributed by atoms with E-state index >= 15 is 0 Å². The van der Waals surface area contributed by atoms with Crippen LogP contribution in [0.25, 0.3) is 10.9 Å². The van der Waals surface area contributed by atoms with E-state index in [-0.39, 0.29) is 17.9 Å². The van der Waals surface area contributed by atoms with Crippen molar-refractivity contribution in [2.75, 3.05) is 0 Å². The molecule has 0 unspecified atom stereocenters. The summed E-state index contributed by atoms with van der Waals surface area (Å²) >= 11 is 3.39. The quantitative estimate of drug-likeness (QED) is 0.169. The monoisotopic (exact) mass is 559 g/mol. The van der Waals surface area contributed by atoms with E-state index in [1.807, 2.05) is 26.8 Å². The molecular formula is C27H22BrN5O4. The van der Waals surface area contributed by atoms with Crippen LogP contribution in [0.1, 0.15) is 43.3 Å². The van der Waals surface area contributed by atoms with Crippen LogP contribution in [0, 0.1) is 21.4 Å². The van der Waals surface area contributed by atoms with Crippen molar-refractivity contribution < 1.29 is 9.66 Å². The second kappa shape index (κ2) is 10.3. The van der Waals surface area contributed by atoms with Gasteiger partial charge in [-0.15, -0.1) is 0 Å². The summed E-state index contributed by atoms with van der Waals surface area (Å²) in [5, 5.41) is 25.6. The molecule has 9 nitrogen and oxygen atoms in total. The van der Waals surface area contributed by atoms with Crippen molar-refractivity contribution in [1.29, 1.82) is 5.26 Å². The molecule has 0 N–H and O–H groups in total. The molecule has 0 radical (unpaired) electrons. The van der Waals surface area contributed by atoms with Gasteiger partial charge in [-0.1, -0.05) is 54.9 Å². The number of rotatable bonds is 6. The van der Waals surface area contributed by atoms with Crippen LogP contribution < -0.4 is 10.3 Å². The number of halogens is 1. The third-order valence-electron chi connectivity index (χ3n) is 5.52. The summed E-state index contributed by atoms with van der Waals surface area (Å²) < 4.78 is 7.87. The summed E-state index contributed by atoms with van der Waals surface area (Å²) in [4.78, 5) is 29.0. The standard InChI is InChI=1S/C27H22BrN5O4/c1-27(2,3)26-31-23-10-8-20(28)13-22(23)25(34)32(26)30-15-19-12-21(33(35)36)9-11-24(19)37-16-18-7-5-4-6-17(18)14-29/h4-13,15H,16H2,1-3H3. The molecule has 10 heteroatoms. The number of nitro groups is 1. The van der Waals surface area contributed by atoms with Gasteiger partial charge in [-0.25, -0.2) is 4.98 Å². The summed E-state index contributed by atoms with van der Waals surface area (Å²) in [6, 6.07) is 18.5. The lowest BCUT2D eigenvalue weighted by Gasteiger charge is -2.21. The highest BCUT2D eigenvalue weighted by Crippen LogP contribution is 2.26. The molecule has 0 aliphatic heterocycles. The molecule has 186 valence electrons. The number of nitro benzene ring substituents is 1. The SMILES string of the molecule is CC(C)(C)c1nc2ccc(Br)cc2c(=O)n1N=Cc1cc([N+](=O)[O-])ccc1OCc1ccccc1C#N. The van der Waals surface area contributed by atoms with Crippen LogP contribution in [0.15, 0.2) is 75.0 Å². The van der Waals surface area contributed by atoms with Crippen molar-refractivity contribution in [3.05, 3.63) is 108 Å². The van der Waals surface area contributed by atoms with Crippen molar-refractivity contribution in [3.63, 3.8) is 0 Å². The molecular weight excluding hydrogens is 538 g/mol. The van der Waals surface area contributed by atoms with Crippen molar-refractivity contribution >= 4 is 38.7 Å². The largest absolute Gasteiger partial charge is 0.488 e. The molecule has 1 heterocycles. The summed E-state index contributed by atoms with van der Waals surface area (Å²) in [7, 11) is 0. The summed E-state index contributed by atoms with van der Waals surface area (Å²) in [5.74, 6) is 0.739. The minimum absolute atomic E-state index is 0.0706. The topological polar surface area (TPSA) is 123 Å². The van der Waals surface area contributed by atoms with Crippen LogP contribution in [0.3, 0.4) is 0 Å². The van der Waals surface area contributed by atoms with Gasteiger partial charge < -0.3 is 4.74 Å². The Bertz CT molecular complexity index is 1650. The van der Waals surface area contributed by atoms with E-state index in [2.05, 4.69) is 32.1 Å². The lowest BCUT2D eigenvalue weighted by Crippen LogP contribution is -2.29. The van der Waals surface area contributed by atoms with Gasteiger partial charge in [0.15, 0.2) is 0 Å². The number of aromatic nitrogens is 2. The first kappa shape index (κ1) is 25.7. The summed E-state index contributed by atoms with van der Waals surface area (Å²) in [6.45, 7) is 5.82. The van der Waals surface area contributed by atoms with Crippen molar-refractivity contribution in [2.45, 2.75) is 32.8 Å². The molecule has 0 bridgehead atoms. The van der Waals surface area contributed by atoms with Gasteiger partial charge in [0, 0.05) is 33.1 Å². The zero-order valence-electron chi connectivity index (χ0n) is 20.3. The van der Waals surface area contributed by atoms with Crippen LogP contribution >= 0.6 is 15.9 Å². The average molecular weight is 560 g/mol. The Balaban J connectivity index is 1.81. The van der Waals surface area contributed by atoms with Crippen LogP contribution in [0.4, 0.5) is 5.69 Å². The maximum Gasteiger partial charge on any atom is 0.282 e. The van der Waals surface area contributed by atoms with E-state index in [1.54, 1.807) is 36.4 Å². The van der Waals surface area contributed by atoms with Crippen molar-refractivity contribution in [3.8, 4) is 11.8 Å². The minimum atomic E-state index is -0.527. The lowest BCUT2D eigenvalue weighted by atomic mass is 9.95. The van der Waals surface area contributed by atoms with Crippen LogP contribution in [-0.4, -0.2) is 20.8 Å². The number of nitriles is 1. The first-order chi connectivity index (χ1) is 17.6. The molecule has 4 rings (SSSR count). The van der Waals surface area contributed by atoms with Crippen molar-refractivity contribution in [1.82, 2.24) is 9.66 Å². The Morgan fingerprint density at radius 3 is 2.65 bits per heavy atom. The highest BCUT2D eigenvalue weighted by atomic mass is 79.9. The number of fused-ring (bicyclic) bond motifs is 1. The van der Waals surface area contributed by atoms with E-state index < -0.39 is 10.3 Å². The van der Waals surface area contributed by atoms with E-state index in [4.69, 9.17) is 4.74 Å². The maximum absolute atomic E-state index is 13.4. The number of nitrogens with zero attached hydrogens (tertiary/aromatic N) is 5. The molecule has 0 saturated heterocycles. The second-order valence-electron chi connectivity index (χ2n) is 9.25. The first-order valence-corrected chi connectivity index (χ1v) is 12.0. The molecule has 0 spiro atoms. The Morgan fingerprint density at radius 2 is 1.95 bits per heavy atom. The fourth-order valence-corrected chi connectivity index (χ4v) is 4.01. The molecule has 3 aromatic carbocycles. The lowest BCUT2D eigenvalue weighted by molar-refractivity contribution is -0.384. The second-order valence-corrected chi connectivity index (χ2v) is 10.2. The highest BCUT2D eigenvalue weighted by Gasteiger charge is 2.23. The van der Waals surface area contributed by atoms with E-state index in [1.165, 1.54) is 29.1 Å². The van der Waals surface area contributed by atoms with E-state index in [9.17, 15) is 20.2 Å². The Hall–Kier alpha value is -4.36. The third kappa shape index (κ3) is 5.57. The van der Waals surface area contributed by atoms with Gasteiger partial charge in [0.2, 0.25) is 0 Å². The number of benzene rings is 3. The molecule has 0 fully saturated rings. The predicted octanol–water partition coefficient (Wildman–Crippen LogP) is 5.70. The normalized spacial score (nSPS) is 11.5. The Morgan fingerprint density at radius 1 is 1.19 bits per heavy atom. The van der Waals surface area contributed by atoms with Gasteiger partial charge in [0.1, 0.15) is 18.2 Å². The number of ether oxygens (including phenoxy) is 1. The molecule has 0 atom stereocenters. The fourth-order valence-electron chi connectivity index (χ4n) is 3.65. The first-order valence-electron chi connectivity index (χ1n) is 11.2. The van der Waals surface area contributed by atoms with E-state index in [0.29, 0.717) is 39.2 Å². The molecule has 0 aliphatic carbocycles. The van der Waals surface area contributed by atoms with Crippen LogP contribution in [0.2, 0.25) is 0 Å². The number of hydrogen-bond donors (Lipinski definition) is 0. The van der Waals surface area contributed by atoms with Crippen molar-refractivity contribution in [2.24, 2.45) is 5.10 Å². The van der Waals surface area contributed by atoms with Gasteiger partial charge in [-0.05, 0) is 30.3 Å². The highest BCUT2D eigenvalue weighted by molar-refractivity contribution is 9.10. The van der Waals surface area contributed by atoms with Gasteiger partial charge in [0.25, 0.3) is 11.2 Å².